The van der Waals surface area contributed by atoms with E-state index in [1.54, 1.807) is 49.4 Å². The number of carbonyl (C=O) groups excluding carboxylic acids is 1. The summed E-state index contributed by atoms with van der Waals surface area (Å²) >= 11 is 12.5. The number of ether oxygens (including phenoxy) is 2. The smallest absolute Gasteiger partial charge is 0.338 e. The van der Waals surface area contributed by atoms with Gasteiger partial charge in [-0.05, 0) is 30.7 Å². The minimum absolute atomic E-state index is 0.0619. The lowest BCUT2D eigenvalue weighted by Crippen LogP contribution is -2.26. The number of nitriles is 1. The molecule has 28 heavy (non-hydrogen) atoms. The highest BCUT2D eigenvalue weighted by Crippen LogP contribution is 2.45. The van der Waals surface area contributed by atoms with Crippen molar-refractivity contribution in [3.05, 3.63) is 86.7 Å². The van der Waals surface area contributed by atoms with Crippen molar-refractivity contribution in [2.75, 3.05) is 6.61 Å². The fraction of sp³-hybridized carbons (Fsp3) is 0.143. The number of nitrogens with two attached hydrogens (primary N) is 1. The molecule has 0 radical (unpaired) electrons. The monoisotopic (exact) mass is 414 g/mol. The lowest BCUT2D eigenvalue weighted by Gasteiger charge is -2.28. The first-order valence-electron chi connectivity index (χ1n) is 8.47. The Bertz CT molecular complexity index is 1020. The van der Waals surface area contributed by atoms with Crippen LogP contribution in [0.2, 0.25) is 10.0 Å². The highest BCUT2D eigenvalue weighted by atomic mass is 35.5. The maximum absolute atomic E-state index is 12.9. The van der Waals surface area contributed by atoms with Gasteiger partial charge in [-0.2, -0.15) is 5.26 Å². The van der Waals surface area contributed by atoms with Gasteiger partial charge in [0.2, 0.25) is 5.88 Å². The van der Waals surface area contributed by atoms with Crippen LogP contribution in [0.5, 0.6) is 0 Å². The number of esters is 1. The summed E-state index contributed by atoms with van der Waals surface area (Å²) < 4.78 is 11.0. The number of rotatable bonds is 4. The first-order chi connectivity index (χ1) is 13.5. The van der Waals surface area contributed by atoms with Crippen LogP contribution >= 0.6 is 23.2 Å². The van der Waals surface area contributed by atoms with Crippen LogP contribution in [0.4, 0.5) is 0 Å². The molecular formula is C21H16Cl2N2O3. The normalized spacial score (nSPS) is 16.4. The molecule has 0 saturated heterocycles. The van der Waals surface area contributed by atoms with Crippen LogP contribution in [0.3, 0.4) is 0 Å². The molecule has 2 N–H and O–H groups in total. The molecule has 2 aromatic rings. The summed E-state index contributed by atoms with van der Waals surface area (Å²) in [7, 11) is 0. The van der Waals surface area contributed by atoms with E-state index in [1.165, 1.54) is 0 Å². The maximum Gasteiger partial charge on any atom is 0.338 e. The Kier molecular flexibility index (Phi) is 5.93. The third-order valence-corrected chi connectivity index (χ3v) is 4.80. The van der Waals surface area contributed by atoms with Gasteiger partial charge in [0.1, 0.15) is 17.4 Å². The molecule has 0 spiro atoms. The molecule has 1 aliphatic heterocycles. The molecule has 2 aromatic carbocycles. The summed E-state index contributed by atoms with van der Waals surface area (Å²) in [6, 6.07) is 15.8. The Labute approximate surface area is 172 Å². The molecule has 1 unspecified atom stereocenters. The van der Waals surface area contributed by atoms with Gasteiger partial charge in [-0.1, -0.05) is 53.5 Å². The second kappa shape index (κ2) is 8.39. The number of hydrogen-bond acceptors (Lipinski definition) is 5. The van der Waals surface area contributed by atoms with E-state index in [9.17, 15) is 10.1 Å². The van der Waals surface area contributed by atoms with Crippen LogP contribution in [0.15, 0.2) is 65.6 Å². The first kappa shape index (κ1) is 19.8. The molecule has 0 aliphatic carbocycles. The Morgan fingerprint density at radius 3 is 2.61 bits per heavy atom. The highest BCUT2D eigenvalue weighted by Gasteiger charge is 2.39. The van der Waals surface area contributed by atoms with E-state index in [2.05, 4.69) is 0 Å². The Hall–Kier alpha value is -2.94. The number of carbonyl (C=O) groups is 1. The molecule has 1 atom stereocenters. The predicted molar refractivity (Wildman–Crippen MR) is 107 cm³/mol. The van der Waals surface area contributed by atoms with Gasteiger partial charge in [0.25, 0.3) is 0 Å². The van der Waals surface area contributed by atoms with Crippen molar-refractivity contribution in [2.45, 2.75) is 12.8 Å². The lowest BCUT2D eigenvalue weighted by atomic mass is 9.82. The first-order valence-corrected chi connectivity index (χ1v) is 9.22. The molecule has 0 saturated carbocycles. The zero-order valence-electron chi connectivity index (χ0n) is 14.9. The molecule has 7 heteroatoms. The number of nitrogens with zero attached hydrogens (tertiary/aromatic N) is 1. The quantitative estimate of drug-likeness (QED) is 0.727. The summed E-state index contributed by atoms with van der Waals surface area (Å²) in [6.07, 6.45) is 0. The minimum Gasteiger partial charge on any atom is -0.463 e. The van der Waals surface area contributed by atoms with E-state index in [0.29, 0.717) is 21.2 Å². The SMILES string of the molecule is CCOC(=O)C1=C(c2ccccc2)OC(N)=C(C#N)C1c1cc(Cl)ccc1Cl. The van der Waals surface area contributed by atoms with Crippen LogP contribution in [-0.4, -0.2) is 12.6 Å². The van der Waals surface area contributed by atoms with E-state index in [-0.39, 0.29) is 29.4 Å². The standard InChI is InChI=1S/C21H16Cl2N2O3/c1-2-27-21(26)18-17(14-10-13(22)8-9-16(14)23)15(11-24)20(25)28-19(18)12-6-4-3-5-7-12/h3-10,17H,2,25H2,1H3. The van der Waals surface area contributed by atoms with Crippen LogP contribution in [0.25, 0.3) is 5.76 Å². The summed E-state index contributed by atoms with van der Waals surface area (Å²) in [5, 5.41) is 10.5. The molecule has 3 rings (SSSR count). The van der Waals surface area contributed by atoms with Gasteiger partial charge in [0, 0.05) is 15.6 Å². The number of hydrogen-bond donors (Lipinski definition) is 1. The van der Waals surface area contributed by atoms with Crippen LogP contribution in [0, 0.1) is 11.3 Å². The van der Waals surface area contributed by atoms with E-state index < -0.39 is 11.9 Å². The second-order valence-corrected chi connectivity index (χ2v) is 6.76. The van der Waals surface area contributed by atoms with Gasteiger partial charge < -0.3 is 15.2 Å². The molecule has 0 fully saturated rings. The lowest BCUT2D eigenvalue weighted by molar-refractivity contribution is -0.138. The number of benzene rings is 2. The van der Waals surface area contributed by atoms with Crippen LogP contribution < -0.4 is 5.73 Å². The van der Waals surface area contributed by atoms with Crippen molar-refractivity contribution >= 4 is 34.9 Å². The number of halogens is 2. The Morgan fingerprint density at radius 2 is 1.96 bits per heavy atom. The zero-order chi connectivity index (χ0) is 20.3. The Morgan fingerprint density at radius 1 is 1.25 bits per heavy atom. The molecule has 1 heterocycles. The van der Waals surface area contributed by atoms with Gasteiger partial charge in [-0.25, -0.2) is 4.79 Å². The molecule has 1 aliphatic rings. The third kappa shape index (κ3) is 3.70. The minimum atomic E-state index is -0.876. The maximum atomic E-state index is 12.9. The van der Waals surface area contributed by atoms with Crippen molar-refractivity contribution in [3.8, 4) is 6.07 Å². The summed E-state index contributed by atoms with van der Waals surface area (Å²) in [6.45, 7) is 1.85. The third-order valence-electron chi connectivity index (χ3n) is 4.22. The fourth-order valence-corrected chi connectivity index (χ4v) is 3.43. The van der Waals surface area contributed by atoms with Crippen molar-refractivity contribution in [2.24, 2.45) is 5.73 Å². The van der Waals surface area contributed by atoms with E-state index >= 15 is 0 Å². The van der Waals surface area contributed by atoms with Crippen molar-refractivity contribution < 1.29 is 14.3 Å². The molecule has 0 aromatic heterocycles. The summed E-state index contributed by atoms with van der Waals surface area (Å²) in [5.74, 6) is -1.38. The van der Waals surface area contributed by atoms with Gasteiger partial charge in [-0.3, -0.25) is 0 Å². The van der Waals surface area contributed by atoms with Gasteiger partial charge >= 0.3 is 5.97 Å². The van der Waals surface area contributed by atoms with E-state index in [4.69, 9.17) is 38.4 Å². The van der Waals surface area contributed by atoms with E-state index in [0.717, 1.165) is 0 Å². The van der Waals surface area contributed by atoms with Crippen molar-refractivity contribution in [1.82, 2.24) is 0 Å². The average Bonchev–Trinajstić information content (AvgIpc) is 2.69. The average molecular weight is 415 g/mol. The molecule has 0 amide bonds. The molecule has 5 nitrogen and oxygen atoms in total. The number of allylic oxidation sites excluding steroid dienone is 1. The topological polar surface area (TPSA) is 85.3 Å². The van der Waals surface area contributed by atoms with Crippen LogP contribution in [-0.2, 0) is 14.3 Å². The van der Waals surface area contributed by atoms with Crippen LogP contribution in [0.1, 0.15) is 24.0 Å². The van der Waals surface area contributed by atoms with E-state index in [1.807, 2.05) is 12.1 Å². The summed E-state index contributed by atoms with van der Waals surface area (Å²) in [4.78, 5) is 12.9. The van der Waals surface area contributed by atoms with Crippen molar-refractivity contribution in [1.29, 1.82) is 5.26 Å². The van der Waals surface area contributed by atoms with Crippen molar-refractivity contribution in [3.63, 3.8) is 0 Å². The van der Waals surface area contributed by atoms with Gasteiger partial charge in [0.15, 0.2) is 0 Å². The largest absolute Gasteiger partial charge is 0.463 e. The molecular weight excluding hydrogens is 399 g/mol. The van der Waals surface area contributed by atoms with Gasteiger partial charge in [0.05, 0.1) is 18.1 Å². The molecule has 0 bridgehead atoms. The van der Waals surface area contributed by atoms with Gasteiger partial charge in [-0.15, -0.1) is 0 Å². The zero-order valence-corrected chi connectivity index (χ0v) is 16.4. The highest BCUT2D eigenvalue weighted by molar-refractivity contribution is 6.33. The predicted octanol–water partition coefficient (Wildman–Crippen LogP) is 4.78. The Balaban J connectivity index is 2.33. The summed E-state index contributed by atoms with van der Waals surface area (Å²) in [5.41, 5.74) is 7.33. The fourth-order valence-electron chi connectivity index (χ4n) is 3.03. The molecule has 142 valence electrons. The second-order valence-electron chi connectivity index (χ2n) is 5.92.